The van der Waals surface area contributed by atoms with Crippen molar-refractivity contribution < 1.29 is 4.74 Å². The van der Waals surface area contributed by atoms with E-state index < -0.39 is 73.5 Å². The van der Waals surface area contributed by atoms with Gasteiger partial charge in [-0.1, -0.05) is 0 Å². The van der Waals surface area contributed by atoms with Gasteiger partial charge in [0.15, 0.2) is 0 Å². The molecule has 0 amide bonds. The van der Waals surface area contributed by atoms with Gasteiger partial charge in [0.05, 0.1) is 0 Å². The first-order valence-electron chi connectivity index (χ1n) is 11.5. The Hall–Kier alpha value is 1.85. The van der Waals surface area contributed by atoms with Crippen LogP contribution in [0, 0.1) is 0 Å². The van der Waals surface area contributed by atoms with Crippen molar-refractivity contribution in [1.29, 1.82) is 0 Å². The maximum atomic E-state index is 6.80. The van der Waals surface area contributed by atoms with Crippen molar-refractivity contribution in [3.05, 3.63) is 53.2 Å². The molecule has 0 spiro atoms. The van der Waals surface area contributed by atoms with Crippen LogP contribution < -0.4 is 0 Å². The van der Waals surface area contributed by atoms with Gasteiger partial charge in [-0.2, -0.15) is 0 Å². The van der Waals surface area contributed by atoms with Crippen LogP contribution in [0.5, 0.6) is 0 Å². The summed E-state index contributed by atoms with van der Waals surface area (Å²) >= 11 is -8.30. The molecule has 1 rings (SSSR count). The summed E-state index contributed by atoms with van der Waals surface area (Å²) < 4.78 is 14.4. The van der Waals surface area contributed by atoms with E-state index in [1.807, 2.05) is 0 Å². The number of rotatable bonds is 10. The van der Waals surface area contributed by atoms with Crippen LogP contribution in [0.1, 0.15) is 11.7 Å². The van der Waals surface area contributed by atoms with Gasteiger partial charge in [0, 0.05) is 0 Å². The molecule has 170 valence electrons. The molecule has 30 heavy (non-hydrogen) atoms. The second-order valence-electron chi connectivity index (χ2n) is 13.1. The molecule has 0 saturated carbocycles. The van der Waals surface area contributed by atoms with Crippen LogP contribution in [-0.4, -0.2) is 80.1 Å². The van der Waals surface area contributed by atoms with Crippen molar-refractivity contribution in [3.63, 3.8) is 0 Å². The first-order valence-corrected chi connectivity index (χ1v) is 52.3. The second-order valence-corrected chi connectivity index (χ2v) is 72.4. The molecule has 1 aromatic rings. The fraction of sp³-hybridized carbons (Fsp3) is 0.600. The average Bonchev–Trinajstić information content (AvgIpc) is 2.53. The van der Waals surface area contributed by atoms with Crippen LogP contribution in [0.15, 0.2) is 47.7 Å². The molecule has 0 aliphatic heterocycles. The summed E-state index contributed by atoms with van der Waals surface area (Å²) in [4.78, 5) is 30.6. The second kappa shape index (κ2) is 12.0. The molecule has 0 aliphatic carbocycles. The number of ether oxygens (including phenoxy) is 1. The number of hydrogen-bond donors (Lipinski definition) is 0. The van der Waals surface area contributed by atoms with Crippen molar-refractivity contribution >= 4 is 73.5 Å². The Morgan fingerprint density at radius 3 is 1.67 bits per heavy atom. The molecule has 1 atom stereocenters. The first kappa shape index (κ1) is 29.9. The van der Waals surface area contributed by atoms with E-state index in [0.717, 1.165) is 6.61 Å². The van der Waals surface area contributed by atoms with Gasteiger partial charge < -0.3 is 0 Å². The average molecular weight is 840 g/mol. The van der Waals surface area contributed by atoms with Gasteiger partial charge in [-0.05, 0) is 0 Å². The van der Waals surface area contributed by atoms with E-state index in [-0.39, 0.29) is 6.10 Å². The molecule has 0 fully saturated rings. The Bertz CT molecular complexity index is 724. The monoisotopic (exact) mass is 844 g/mol. The molecule has 0 radical (unpaired) electrons. The van der Waals surface area contributed by atoms with Crippen LogP contribution in [-0.2, 0) is 4.74 Å². The van der Waals surface area contributed by atoms with Gasteiger partial charge in [0.2, 0.25) is 0 Å². The number of hydrogen-bond acceptors (Lipinski definition) is 1. The molecule has 1 nitrogen and oxygen atoms in total. The predicted molar refractivity (Wildman–Crippen MR) is 149 cm³/mol. The Morgan fingerprint density at radius 1 is 0.767 bits per heavy atom. The van der Waals surface area contributed by atoms with E-state index in [4.69, 9.17) is 4.74 Å². The summed E-state index contributed by atoms with van der Waals surface area (Å²) in [7, 11) is 0. The van der Waals surface area contributed by atoms with E-state index in [9.17, 15) is 0 Å². The fourth-order valence-corrected chi connectivity index (χ4v) is 53.2. The van der Waals surface area contributed by atoms with E-state index in [1.54, 1.807) is 7.18 Å². The summed E-state index contributed by atoms with van der Waals surface area (Å²) in [6, 6.07) is 10.9. The number of allylic oxidation sites excluding steroid dienone is 1. The van der Waals surface area contributed by atoms with Gasteiger partial charge in [-0.15, -0.1) is 0 Å². The predicted octanol–water partition coefficient (Wildman–Crippen LogP) is 8.57. The molecule has 1 aromatic carbocycles. The molecule has 5 heteroatoms. The summed E-state index contributed by atoms with van der Waals surface area (Å²) in [6.07, 6.45) is 2.67. The van der Waals surface area contributed by atoms with Crippen molar-refractivity contribution in [3.8, 4) is 0 Å². The topological polar surface area (TPSA) is 9.23 Å². The van der Waals surface area contributed by atoms with Crippen LogP contribution in [0.25, 0.3) is 0 Å². The summed E-state index contributed by atoms with van der Waals surface area (Å²) in [5, 5.41) is 0. The first-order chi connectivity index (χ1) is 13.4. The minimum absolute atomic E-state index is 0.0953. The van der Waals surface area contributed by atoms with Crippen LogP contribution >= 0.6 is 0 Å². The Balaban J connectivity index is 3.35. The van der Waals surface area contributed by atoms with Crippen molar-refractivity contribution in [1.82, 2.24) is 0 Å². The Morgan fingerprint density at radius 2 is 1.27 bits per heavy atom. The molecule has 0 heterocycles. The summed E-state index contributed by atoms with van der Waals surface area (Å²) in [6.45, 7) is 0.829. The molecular formula is C25H48OSn4. The van der Waals surface area contributed by atoms with E-state index >= 15 is 0 Å². The van der Waals surface area contributed by atoms with Crippen molar-refractivity contribution in [2.45, 2.75) is 69.8 Å². The molecule has 0 aliphatic rings. The van der Waals surface area contributed by atoms with Gasteiger partial charge >= 0.3 is 208 Å². The van der Waals surface area contributed by atoms with E-state index in [0.29, 0.717) is 0 Å². The summed E-state index contributed by atoms with van der Waals surface area (Å²) in [5.74, 6) is 0. The van der Waals surface area contributed by atoms with Crippen LogP contribution in [0.4, 0.5) is 0 Å². The van der Waals surface area contributed by atoms with Crippen molar-refractivity contribution in [2.75, 3.05) is 6.61 Å². The van der Waals surface area contributed by atoms with Gasteiger partial charge in [-0.25, -0.2) is 0 Å². The zero-order valence-electron chi connectivity index (χ0n) is 21.9. The molecular weight excluding hydrogens is 791 g/mol. The molecule has 0 saturated heterocycles. The zero-order chi connectivity index (χ0) is 23.4. The standard InChI is InChI=1S/C13H12O.12CH3.4Sn/c1-3-8-13(14-11-4-2)12-9-6-5-7-10-12;;;;;;;;;;;;;;;;/h2,5-10,13H,1,11H2;12*1H3;;;;. The third-order valence-corrected chi connectivity index (χ3v) is 30.8. The molecule has 0 aromatic heterocycles. The molecule has 1 unspecified atom stereocenters. The van der Waals surface area contributed by atoms with E-state index in [2.05, 4.69) is 99.8 Å². The van der Waals surface area contributed by atoms with Crippen molar-refractivity contribution in [2.24, 2.45) is 0 Å². The SMILES string of the molecule is [CH3][Sn]([CH3])([CH3])/[CH]=[C](/COC(/C=[C](\[CH2][Sn]([CH3])([CH3])[CH3])[Sn]([CH3])([CH3])[CH3])c1ccccc1)[Sn]([CH3])([CH3])[CH3]. The van der Waals surface area contributed by atoms with Gasteiger partial charge in [-0.3, -0.25) is 0 Å². The Labute approximate surface area is 205 Å². The normalized spacial score (nSPS) is 16.0. The quantitative estimate of drug-likeness (QED) is 0.215. The van der Waals surface area contributed by atoms with E-state index in [1.165, 1.54) is 10.0 Å². The third kappa shape index (κ3) is 12.4. The maximum absolute atomic E-state index is 6.80. The van der Waals surface area contributed by atoms with Crippen LogP contribution in [0.2, 0.25) is 63.7 Å². The molecule has 0 N–H and O–H groups in total. The Kier molecular flexibility index (Phi) is 12.0. The number of benzene rings is 1. The van der Waals surface area contributed by atoms with Crippen LogP contribution in [0.3, 0.4) is 0 Å². The molecule has 0 bridgehead atoms. The fourth-order valence-electron chi connectivity index (χ4n) is 3.39. The van der Waals surface area contributed by atoms with Gasteiger partial charge in [0.25, 0.3) is 0 Å². The third-order valence-electron chi connectivity index (χ3n) is 5.15. The van der Waals surface area contributed by atoms with Gasteiger partial charge in [0.1, 0.15) is 0 Å². The zero-order valence-corrected chi connectivity index (χ0v) is 33.4. The summed E-state index contributed by atoms with van der Waals surface area (Å²) in [5.41, 5.74) is 1.32. The minimum atomic E-state index is -2.18.